The first-order valence-corrected chi connectivity index (χ1v) is 10.9. The topological polar surface area (TPSA) is 108 Å². The molecule has 0 aliphatic heterocycles. The van der Waals surface area contributed by atoms with Gasteiger partial charge in [-0.05, 0) is 48.2 Å². The van der Waals surface area contributed by atoms with Crippen LogP contribution in [0, 0.1) is 0 Å². The molecule has 0 unspecified atom stereocenters. The van der Waals surface area contributed by atoms with E-state index in [1.165, 1.54) is 7.11 Å². The first-order chi connectivity index (χ1) is 16.6. The van der Waals surface area contributed by atoms with Crippen molar-refractivity contribution in [1.29, 1.82) is 0 Å². The van der Waals surface area contributed by atoms with Crippen LogP contribution in [0.2, 0.25) is 0 Å². The summed E-state index contributed by atoms with van der Waals surface area (Å²) in [6, 6.07) is 15.3. The average molecular weight is 458 g/mol. The van der Waals surface area contributed by atoms with Crippen LogP contribution >= 0.6 is 0 Å². The second kappa shape index (κ2) is 9.07. The molecule has 8 nitrogen and oxygen atoms in total. The molecule has 8 heteroatoms. The van der Waals surface area contributed by atoms with Gasteiger partial charge in [-0.25, -0.2) is 14.8 Å². The van der Waals surface area contributed by atoms with Crippen LogP contribution in [-0.4, -0.2) is 53.8 Å². The van der Waals surface area contributed by atoms with E-state index >= 15 is 0 Å². The summed E-state index contributed by atoms with van der Waals surface area (Å²) < 4.78 is 16.0. The van der Waals surface area contributed by atoms with Crippen LogP contribution in [0.5, 0.6) is 11.5 Å². The Labute approximate surface area is 195 Å². The van der Waals surface area contributed by atoms with Crippen molar-refractivity contribution in [3.05, 3.63) is 59.7 Å². The van der Waals surface area contributed by atoms with Crippen molar-refractivity contribution in [2.24, 2.45) is 0 Å². The molecule has 0 radical (unpaired) electrons. The highest BCUT2D eigenvalue weighted by molar-refractivity contribution is 5.92. The normalized spacial score (nSPS) is 12.2. The lowest BCUT2D eigenvalue weighted by molar-refractivity contribution is -0.142. The van der Waals surface area contributed by atoms with Crippen LogP contribution in [0.15, 0.2) is 48.5 Å². The monoisotopic (exact) mass is 458 g/mol. The van der Waals surface area contributed by atoms with Crippen LogP contribution in [-0.2, 0) is 27.2 Å². The number of carbonyl (C=O) groups excluding carboxylic acids is 2. The number of fused-ring (bicyclic) bond motifs is 5. The summed E-state index contributed by atoms with van der Waals surface area (Å²) >= 11 is 0. The highest BCUT2D eigenvalue weighted by Gasteiger charge is 2.22. The third-order valence-electron chi connectivity index (χ3n) is 5.80. The Hall–Kier alpha value is -4.04. The molecule has 34 heavy (non-hydrogen) atoms. The number of rotatable bonds is 7. The van der Waals surface area contributed by atoms with Gasteiger partial charge in [0.1, 0.15) is 35.7 Å². The van der Waals surface area contributed by atoms with Gasteiger partial charge >= 0.3 is 5.97 Å². The number of methoxy groups -OCH3 is 1. The van der Waals surface area contributed by atoms with Gasteiger partial charge in [-0.1, -0.05) is 24.3 Å². The number of ether oxygens (including phenoxy) is 3. The highest BCUT2D eigenvalue weighted by Crippen LogP contribution is 2.37. The Kier molecular flexibility index (Phi) is 5.81. The maximum Gasteiger partial charge on any atom is 0.343 e. The number of aliphatic hydroxyl groups excluding tert-OH is 1. The number of aliphatic hydroxyl groups is 1. The maximum absolute atomic E-state index is 11.6. The summed E-state index contributed by atoms with van der Waals surface area (Å²) in [5.74, 6) is 0.0795. The summed E-state index contributed by atoms with van der Waals surface area (Å²) in [6.45, 7) is -1.01. The van der Waals surface area contributed by atoms with Gasteiger partial charge in [-0.15, -0.1) is 0 Å². The second-order valence-corrected chi connectivity index (χ2v) is 8.00. The number of aryl methyl sites for hydroxylation is 2. The molecule has 0 amide bonds. The highest BCUT2D eigenvalue weighted by atomic mass is 16.6. The fourth-order valence-corrected chi connectivity index (χ4v) is 4.12. The number of para-hydroxylation sites is 2. The largest absolute Gasteiger partial charge is 0.483 e. The summed E-state index contributed by atoms with van der Waals surface area (Å²) in [4.78, 5) is 32.9. The van der Waals surface area contributed by atoms with Gasteiger partial charge in [-0.3, -0.25) is 4.79 Å². The average Bonchev–Trinajstić information content (AvgIpc) is 2.87. The number of ketones is 1. The van der Waals surface area contributed by atoms with E-state index < -0.39 is 18.4 Å². The molecular formula is C26H22N2O6. The van der Waals surface area contributed by atoms with E-state index in [0.29, 0.717) is 22.5 Å². The molecule has 5 rings (SSSR count). The van der Waals surface area contributed by atoms with Crippen molar-refractivity contribution in [3.8, 4) is 22.9 Å². The van der Waals surface area contributed by atoms with Crippen LogP contribution in [0.1, 0.15) is 11.1 Å². The summed E-state index contributed by atoms with van der Waals surface area (Å²) in [5, 5.41) is 10.8. The number of aromatic nitrogens is 2. The first kappa shape index (κ1) is 21.8. The molecule has 0 bridgehead atoms. The number of esters is 1. The predicted octanol–water partition coefficient (Wildman–Crippen LogP) is 3.04. The number of pyridine rings is 2. The maximum atomic E-state index is 11.6. The number of hydrogen-bond donors (Lipinski definition) is 1. The van der Waals surface area contributed by atoms with E-state index in [9.17, 15) is 9.59 Å². The molecule has 0 spiro atoms. The lowest BCUT2D eigenvalue weighted by atomic mass is 9.90. The minimum absolute atomic E-state index is 0.207. The fraction of sp³-hybridized carbons (Fsp3) is 0.231. The SMILES string of the molecule is COC(=O)COc1cccc2cc3c(nc12)-c1nc2c(OCC(=O)CO)cccc2cc1CC3. The molecular weight excluding hydrogens is 436 g/mol. The van der Waals surface area contributed by atoms with E-state index in [4.69, 9.17) is 24.5 Å². The van der Waals surface area contributed by atoms with Crippen LogP contribution in [0.25, 0.3) is 33.2 Å². The van der Waals surface area contributed by atoms with Gasteiger partial charge in [0.15, 0.2) is 12.4 Å². The zero-order valence-corrected chi connectivity index (χ0v) is 18.5. The van der Waals surface area contributed by atoms with Gasteiger partial charge in [-0.2, -0.15) is 0 Å². The number of Topliss-reactive ketones (excluding diaryl/α,β-unsaturated/α-hetero) is 1. The number of hydrogen-bond acceptors (Lipinski definition) is 8. The molecule has 2 aromatic heterocycles. The molecule has 1 aliphatic carbocycles. The van der Waals surface area contributed by atoms with Crippen molar-refractivity contribution in [2.75, 3.05) is 26.9 Å². The fourth-order valence-electron chi connectivity index (χ4n) is 4.12. The van der Waals surface area contributed by atoms with Gasteiger partial charge in [0.2, 0.25) is 0 Å². The smallest absolute Gasteiger partial charge is 0.343 e. The Morgan fingerprint density at radius 1 is 0.853 bits per heavy atom. The zero-order chi connectivity index (χ0) is 23.7. The van der Waals surface area contributed by atoms with Gasteiger partial charge in [0, 0.05) is 10.8 Å². The minimum atomic E-state index is -0.571. The Bertz CT molecular complexity index is 1320. The molecule has 1 N–H and O–H groups in total. The Morgan fingerprint density at radius 3 is 1.88 bits per heavy atom. The number of nitrogens with zero attached hydrogens (tertiary/aromatic N) is 2. The second-order valence-electron chi connectivity index (χ2n) is 8.00. The molecule has 172 valence electrons. The molecule has 2 heterocycles. The zero-order valence-electron chi connectivity index (χ0n) is 18.5. The summed E-state index contributed by atoms with van der Waals surface area (Å²) in [5.41, 5.74) is 4.91. The van der Waals surface area contributed by atoms with Crippen molar-refractivity contribution in [3.63, 3.8) is 0 Å². The number of benzene rings is 2. The standard InChI is InChI=1S/C26H22N2O6/c1-32-22(31)14-34-21-7-3-5-16-11-18-9-8-17-10-15-4-2-6-20(33-13-19(30)12-29)23(15)27-25(17)26(18)28-24(16)21/h2-7,10-11,29H,8-9,12-14H2,1H3. The molecule has 4 aromatic rings. The summed E-state index contributed by atoms with van der Waals surface area (Å²) in [7, 11) is 1.31. The van der Waals surface area contributed by atoms with Gasteiger partial charge in [0.25, 0.3) is 0 Å². The minimum Gasteiger partial charge on any atom is -0.483 e. The van der Waals surface area contributed by atoms with E-state index in [0.717, 1.165) is 46.1 Å². The summed E-state index contributed by atoms with van der Waals surface area (Å²) in [6.07, 6.45) is 1.65. The molecule has 0 atom stereocenters. The third-order valence-corrected chi connectivity index (χ3v) is 5.80. The van der Waals surface area contributed by atoms with Crippen molar-refractivity contribution < 1.29 is 28.9 Å². The van der Waals surface area contributed by atoms with Crippen molar-refractivity contribution in [2.45, 2.75) is 12.8 Å². The number of carbonyl (C=O) groups is 2. The molecule has 0 saturated heterocycles. The Morgan fingerprint density at radius 2 is 1.38 bits per heavy atom. The van der Waals surface area contributed by atoms with E-state index in [1.54, 1.807) is 12.1 Å². The molecule has 0 saturated carbocycles. The van der Waals surface area contributed by atoms with Crippen molar-refractivity contribution in [1.82, 2.24) is 9.97 Å². The van der Waals surface area contributed by atoms with Gasteiger partial charge < -0.3 is 19.3 Å². The molecule has 1 aliphatic rings. The van der Waals surface area contributed by atoms with Crippen LogP contribution < -0.4 is 9.47 Å². The first-order valence-electron chi connectivity index (χ1n) is 10.9. The van der Waals surface area contributed by atoms with E-state index in [1.807, 2.05) is 24.3 Å². The van der Waals surface area contributed by atoms with E-state index in [-0.39, 0.29) is 13.2 Å². The molecule has 0 fully saturated rings. The lowest BCUT2D eigenvalue weighted by Crippen LogP contribution is -2.15. The molecule has 2 aromatic carbocycles. The predicted molar refractivity (Wildman–Crippen MR) is 125 cm³/mol. The Balaban J connectivity index is 1.61. The third kappa shape index (κ3) is 4.04. The van der Waals surface area contributed by atoms with Crippen LogP contribution in [0.3, 0.4) is 0 Å². The lowest BCUT2D eigenvalue weighted by Gasteiger charge is -2.20. The quantitative estimate of drug-likeness (QED) is 0.421. The van der Waals surface area contributed by atoms with Crippen molar-refractivity contribution >= 4 is 33.6 Å². The van der Waals surface area contributed by atoms with Gasteiger partial charge in [0.05, 0.1) is 18.5 Å². The van der Waals surface area contributed by atoms with E-state index in [2.05, 4.69) is 16.9 Å². The van der Waals surface area contributed by atoms with Crippen LogP contribution in [0.4, 0.5) is 0 Å².